The zero-order valence-electron chi connectivity index (χ0n) is 12.6. The van der Waals surface area contributed by atoms with Crippen LogP contribution in [0.1, 0.15) is 25.7 Å². The second-order valence-corrected chi connectivity index (χ2v) is 7.03. The van der Waals surface area contributed by atoms with Crippen LogP contribution in [0.15, 0.2) is 0 Å². The number of rotatable bonds is 3. The highest BCUT2D eigenvalue weighted by molar-refractivity contribution is 5.06. The number of fused-ring (bicyclic) bond motifs is 2. The molecule has 3 aliphatic rings. The molecule has 110 valence electrons. The first-order valence-electron chi connectivity index (χ1n) is 7.99. The fraction of sp³-hybridized carbons (Fsp3) is 1.00. The van der Waals surface area contributed by atoms with Gasteiger partial charge in [0.25, 0.3) is 0 Å². The Morgan fingerprint density at radius 1 is 1.11 bits per heavy atom. The maximum absolute atomic E-state index is 6.28. The van der Waals surface area contributed by atoms with Gasteiger partial charge in [0, 0.05) is 37.8 Å². The second-order valence-electron chi connectivity index (χ2n) is 7.03. The van der Waals surface area contributed by atoms with Gasteiger partial charge in [0.1, 0.15) is 0 Å². The summed E-state index contributed by atoms with van der Waals surface area (Å²) in [5, 5.41) is 0. The molecule has 0 aromatic carbocycles. The van der Waals surface area contributed by atoms with Gasteiger partial charge in [-0.05, 0) is 58.8 Å². The molecular formula is C15H30N4. The lowest BCUT2D eigenvalue weighted by Crippen LogP contribution is -2.64. The molecule has 2 N–H and O–H groups in total. The van der Waals surface area contributed by atoms with Gasteiger partial charge in [-0.25, -0.2) is 0 Å². The Balaban J connectivity index is 1.69. The van der Waals surface area contributed by atoms with Crippen molar-refractivity contribution in [2.24, 2.45) is 11.7 Å². The standard InChI is InChI=1S/C15H30N4/c1-17(2)14-4-8-19(9-5-14)15(12-16)6-10-18-7-3-13(15)11-18/h13-14H,3-12,16H2,1-2H3. The van der Waals surface area contributed by atoms with Crippen molar-refractivity contribution in [3.05, 3.63) is 0 Å². The van der Waals surface area contributed by atoms with E-state index >= 15 is 0 Å². The van der Waals surface area contributed by atoms with Crippen LogP contribution in [0.3, 0.4) is 0 Å². The topological polar surface area (TPSA) is 35.7 Å². The third kappa shape index (κ3) is 2.33. The maximum Gasteiger partial charge on any atom is 0.0384 e. The van der Waals surface area contributed by atoms with Crippen molar-refractivity contribution in [3.8, 4) is 0 Å². The van der Waals surface area contributed by atoms with E-state index in [9.17, 15) is 0 Å². The first-order valence-corrected chi connectivity index (χ1v) is 7.99. The first kappa shape index (κ1) is 13.8. The van der Waals surface area contributed by atoms with Crippen LogP contribution in [0.25, 0.3) is 0 Å². The third-order valence-electron chi connectivity index (χ3n) is 6.07. The van der Waals surface area contributed by atoms with E-state index in [1.165, 1.54) is 58.4 Å². The molecule has 0 radical (unpaired) electrons. The Hall–Kier alpha value is -0.160. The molecule has 3 atom stereocenters. The molecule has 0 aromatic heterocycles. The molecule has 4 nitrogen and oxygen atoms in total. The maximum atomic E-state index is 6.28. The Morgan fingerprint density at radius 3 is 2.47 bits per heavy atom. The SMILES string of the molecule is CN(C)C1CCN(C2(CN)CCN3CCC2C3)CC1. The molecule has 0 amide bonds. The third-order valence-corrected chi connectivity index (χ3v) is 6.07. The van der Waals surface area contributed by atoms with Crippen LogP contribution in [0, 0.1) is 5.92 Å². The van der Waals surface area contributed by atoms with Crippen LogP contribution in [-0.2, 0) is 0 Å². The number of hydrogen-bond acceptors (Lipinski definition) is 4. The summed E-state index contributed by atoms with van der Waals surface area (Å²) in [6, 6.07) is 0.773. The fourth-order valence-electron chi connectivity index (χ4n) is 4.67. The lowest BCUT2D eigenvalue weighted by molar-refractivity contribution is -0.0172. The molecule has 3 aliphatic heterocycles. The molecule has 19 heavy (non-hydrogen) atoms. The van der Waals surface area contributed by atoms with Crippen LogP contribution in [0.2, 0.25) is 0 Å². The fourth-order valence-corrected chi connectivity index (χ4v) is 4.67. The summed E-state index contributed by atoms with van der Waals surface area (Å²) in [4.78, 5) is 7.79. The van der Waals surface area contributed by atoms with Gasteiger partial charge in [0.2, 0.25) is 0 Å². The molecule has 4 heteroatoms. The predicted molar refractivity (Wildman–Crippen MR) is 79.2 cm³/mol. The Morgan fingerprint density at radius 2 is 1.84 bits per heavy atom. The zero-order chi connectivity index (χ0) is 13.5. The van der Waals surface area contributed by atoms with Crippen molar-refractivity contribution in [3.63, 3.8) is 0 Å². The zero-order valence-corrected chi connectivity index (χ0v) is 12.6. The van der Waals surface area contributed by atoms with Crippen LogP contribution in [-0.4, -0.2) is 79.6 Å². The highest BCUT2D eigenvalue weighted by Crippen LogP contribution is 2.40. The Kier molecular flexibility index (Phi) is 3.87. The quantitative estimate of drug-likeness (QED) is 0.804. The molecule has 3 rings (SSSR count). The molecule has 3 fully saturated rings. The molecule has 3 saturated heterocycles. The second kappa shape index (κ2) is 5.32. The minimum atomic E-state index is 0.324. The molecule has 3 heterocycles. The molecule has 0 aliphatic carbocycles. The van der Waals surface area contributed by atoms with Crippen molar-refractivity contribution in [2.45, 2.75) is 37.3 Å². The Bertz CT molecular complexity index is 311. The van der Waals surface area contributed by atoms with E-state index in [-0.39, 0.29) is 0 Å². The molecule has 3 unspecified atom stereocenters. The van der Waals surface area contributed by atoms with E-state index in [1.54, 1.807) is 0 Å². The van der Waals surface area contributed by atoms with E-state index < -0.39 is 0 Å². The average molecular weight is 266 g/mol. The van der Waals surface area contributed by atoms with Crippen molar-refractivity contribution in [2.75, 3.05) is 53.4 Å². The van der Waals surface area contributed by atoms with Gasteiger partial charge in [-0.1, -0.05) is 0 Å². The van der Waals surface area contributed by atoms with Gasteiger partial charge in [0.05, 0.1) is 0 Å². The van der Waals surface area contributed by atoms with Crippen LogP contribution >= 0.6 is 0 Å². The largest absolute Gasteiger partial charge is 0.329 e. The minimum absolute atomic E-state index is 0.324. The number of nitrogens with zero attached hydrogens (tertiary/aromatic N) is 3. The van der Waals surface area contributed by atoms with Gasteiger partial charge in [0.15, 0.2) is 0 Å². The predicted octanol–water partition coefficient (Wildman–Crippen LogP) is 0.436. The number of hydrogen-bond donors (Lipinski definition) is 1. The lowest BCUT2D eigenvalue weighted by Gasteiger charge is -2.52. The molecular weight excluding hydrogens is 236 g/mol. The number of piperidine rings is 2. The highest BCUT2D eigenvalue weighted by Gasteiger charge is 2.49. The van der Waals surface area contributed by atoms with Crippen LogP contribution in [0.5, 0.6) is 0 Å². The first-order chi connectivity index (χ1) is 9.15. The van der Waals surface area contributed by atoms with Crippen molar-refractivity contribution in [1.82, 2.24) is 14.7 Å². The molecule has 0 saturated carbocycles. The lowest BCUT2D eigenvalue weighted by atomic mass is 9.76. The van der Waals surface area contributed by atoms with Crippen LogP contribution < -0.4 is 5.73 Å². The summed E-state index contributed by atoms with van der Waals surface area (Å²) in [5.74, 6) is 0.821. The summed E-state index contributed by atoms with van der Waals surface area (Å²) in [5.41, 5.74) is 6.60. The van der Waals surface area contributed by atoms with Gasteiger partial charge >= 0.3 is 0 Å². The minimum Gasteiger partial charge on any atom is -0.329 e. The highest BCUT2D eigenvalue weighted by atomic mass is 15.3. The van der Waals surface area contributed by atoms with E-state index in [4.69, 9.17) is 5.73 Å². The van der Waals surface area contributed by atoms with Gasteiger partial charge in [-0.2, -0.15) is 0 Å². The summed E-state index contributed by atoms with van der Waals surface area (Å²) < 4.78 is 0. The smallest absolute Gasteiger partial charge is 0.0384 e. The monoisotopic (exact) mass is 266 g/mol. The summed E-state index contributed by atoms with van der Waals surface area (Å²) in [7, 11) is 4.43. The van der Waals surface area contributed by atoms with E-state index in [2.05, 4.69) is 28.8 Å². The molecule has 0 spiro atoms. The summed E-state index contributed by atoms with van der Waals surface area (Å²) in [6.45, 7) is 7.22. The number of likely N-dealkylation sites (tertiary alicyclic amines) is 1. The molecule has 0 aromatic rings. The Labute approximate surface area is 117 Å². The van der Waals surface area contributed by atoms with Crippen molar-refractivity contribution < 1.29 is 0 Å². The van der Waals surface area contributed by atoms with Gasteiger partial charge in [-0.3, -0.25) is 4.90 Å². The van der Waals surface area contributed by atoms with E-state index in [1.807, 2.05) is 0 Å². The molecule has 2 bridgehead atoms. The van der Waals surface area contributed by atoms with Crippen molar-refractivity contribution >= 4 is 0 Å². The van der Waals surface area contributed by atoms with E-state index in [0.29, 0.717) is 5.54 Å². The normalized spacial score (nSPS) is 41.1. The van der Waals surface area contributed by atoms with Gasteiger partial charge in [-0.15, -0.1) is 0 Å². The summed E-state index contributed by atoms with van der Waals surface area (Å²) >= 11 is 0. The summed E-state index contributed by atoms with van der Waals surface area (Å²) in [6.07, 6.45) is 5.28. The van der Waals surface area contributed by atoms with E-state index in [0.717, 1.165) is 18.5 Å². The van der Waals surface area contributed by atoms with Crippen molar-refractivity contribution in [1.29, 1.82) is 0 Å². The number of nitrogens with two attached hydrogens (primary N) is 1. The van der Waals surface area contributed by atoms with Gasteiger partial charge < -0.3 is 15.5 Å². The van der Waals surface area contributed by atoms with Crippen LogP contribution in [0.4, 0.5) is 0 Å². The average Bonchev–Trinajstić information content (AvgIpc) is 2.84.